The molecular formula is C20H15ClN2O7. The zero-order valence-corrected chi connectivity index (χ0v) is 16.4. The molecular weight excluding hydrogens is 416 g/mol. The van der Waals surface area contributed by atoms with Crippen molar-refractivity contribution in [3.05, 3.63) is 52.2 Å². The highest BCUT2D eigenvalue weighted by molar-refractivity contribution is 6.32. The first-order chi connectivity index (χ1) is 14.4. The van der Waals surface area contributed by atoms with Gasteiger partial charge in [0.05, 0.1) is 12.1 Å². The number of primary amides is 1. The number of esters is 1. The molecule has 154 valence electrons. The molecule has 1 amide bonds. The molecule has 2 N–H and O–H groups in total. The molecule has 2 aromatic rings. The van der Waals surface area contributed by atoms with Crippen molar-refractivity contribution in [2.45, 2.75) is 0 Å². The largest absolute Gasteiger partial charge is 0.493 e. The van der Waals surface area contributed by atoms with E-state index in [-0.39, 0.29) is 41.5 Å². The molecule has 2 aromatic carbocycles. The lowest BCUT2D eigenvalue weighted by molar-refractivity contribution is -0.130. The summed E-state index contributed by atoms with van der Waals surface area (Å²) in [6, 6.07) is 8.23. The van der Waals surface area contributed by atoms with E-state index in [9.17, 15) is 9.59 Å². The second-order valence-electron chi connectivity index (χ2n) is 6.19. The van der Waals surface area contributed by atoms with E-state index in [2.05, 4.69) is 4.99 Å². The van der Waals surface area contributed by atoms with Crippen LogP contribution in [0.2, 0.25) is 5.02 Å². The minimum Gasteiger partial charge on any atom is -0.493 e. The summed E-state index contributed by atoms with van der Waals surface area (Å²) < 4.78 is 26.4. The fourth-order valence-corrected chi connectivity index (χ4v) is 3.10. The molecule has 0 atom stereocenters. The average molecular weight is 431 g/mol. The summed E-state index contributed by atoms with van der Waals surface area (Å²) in [7, 11) is 1.42. The SMILES string of the molecule is COc1cc(/C=C2\N=C(c3ccc4c(c3)OCO4)OC2=O)cc(Cl)c1OCC(N)=O. The number of aliphatic imine (C=N–C) groups is 1. The highest BCUT2D eigenvalue weighted by atomic mass is 35.5. The number of carbonyl (C=O) groups excluding carboxylic acids is 2. The lowest BCUT2D eigenvalue weighted by Gasteiger charge is -2.12. The Bertz CT molecular complexity index is 1110. The van der Waals surface area contributed by atoms with Crippen molar-refractivity contribution in [3.8, 4) is 23.0 Å². The van der Waals surface area contributed by atoms with Crippen LogP contribution in [0, 0.1) is 0 Å². The smallest absolute Gasteiger partial charge is 0.363 e. The van der Waals surface area contributed by atoms with Crippen molar-refractivity contribution < 1.29 is 33.3 Å². The third kappa shape index (κ3) is 3.87. The van der Waals surface area contributed by atoms with Crippen LogP contribution < -0.4 is 24.7 Å². The minimum atomic E-state index is -0.654. The zero-order valence-electron chi connectivity index (χ0n) is 15.6. The predicted octanol–water partition coefficient (Wildman–Crippen LogP) is 2.29. The summed E-state index contributed by atoms with van der Waals surface area (Å²) in [6.07, 6.45) is 1.49. The number of rotatable bonds is 6. The molecule has 2 aliphatic rings. The highest BCUT2D eigenvalue weighted by Gasteiger charge is 2.26. The van der Waals surface area contributed by atoms with E-state index in [1.165, 1.54) is 19.3 Å². The number of cyclic esters (lactones) is 1. The van der Waals surface area contributed by atoms with Crippen LogP contribution in [-0.2, 0) is 14.3 Å². The van der Waals surface area contributed by atoms with E-state index in [4.69, 9.17) is 41.0 Å². The van der Waals surface area contributed by atoms with Gasteiger partial charge < -0.3 is 29.4 Å². The van der Waals surface area contributed by atoms with E-state index in [0.29, 0.717) is 22.6 Å². The van der Waals surface area contributed by atoms with Crippen molar-refractivity contribution in [2.24, 2.45) is 10.7 Å². The summed E-state index contributed by atoms with van der Waals surface area (Å²) in [5.41, 5.74) is 6.25. The van der Waals surface area contributed by atoms with Crippen molar-refractivity contribution in [1.29, 1.82) is 0 Å². The number of hydrogen-bond donors (Lipinski definition) is 1. The Balaban J connectivity index is 1.63. The Kier molecular flexibility index (Phi) is 5.20. The number of benzene rings is 2. The van der Waals surface area contributed by atoms with Gasteiger partial charge >= 0.3 is 5.97 Å². The molecule has 0 unspecified atom stereocenters. The molecule has 0 saturated heterocycles. The average Bonchev–Trinajstić information content (AvgIpc) is 3.32. The van der Waals surface area contributed by atoms with Crippen molar-refractivity contribution >= 4 is 35.5 Å². The highest BCUT2D eigenvalue weighted by Crippen LogP contribution is 2.37. The Morgan fingerprint density at radius 2 is 2.07 bits per heavy atom. The minimum absolute atomic E-state index is 0.0755. The maximum absolute atomic E-state index is 12.3. The molecule has 10 heteroatoms. The van der Waals surface area contributed by atoms with Gasteiger partial charge in [-0.15, -0.1) is 0 Å². The first kappa shape index (κ1) is 19.6. The summed E-state index contributed by atoms with van der Waals surface area (Å²) in [5, 5.41) is 0.175. The number of hydrogen-bond acceptors (Lipinski definition) is 8. The molecule has 2 aliphatic heterocycles. The van der Waals surface area contributed by atoms with E-state index >= 15 is 0 Å². The molecule has 0 aromatic heterocycles. The molecule has 4 rings (SSSR count). The molecule has 0 fully saturated rings. The lowest BCUT2D eigenvalue weighted by atomic mass is 10.1. The van der Waals surface area contributed by atoms with Crippen LogP contribution in [0.4, 0.5) is 0 Å². The second-order valence-corrected chi connectivity index (χ2v) is 6.60. The number of methoxy groups -OCH3 is 1. The Labute approximate surface area is 175 Å². The summed E-state index contributed by atoms with van der Waals surface area (Å²) in [5.74, 6) is 0.460. The molecule has 0 spiro atoms. The van der Waals surface area contributed by atoms with Crippen LogP contribution in [0.3, 0.4) is 0 Å². The number of fused-ring (bicyclic) bond motifs is 1. The van der Waals surface area contributed by atoms with Crippen molar-refractivity contribution in [1.82, 2.24) is 0 Å². The summed E-state index contributed by atoms with van der Waals surface area (Å²) in [6.45, 7) is -0.218. The summed E-state index contributed by atoms with van der Waals surface area (Å²) >= 11 is 6.23. The number of amides is 1. The van der Waals surface area contributed by atoms with Crippen LogP contribution >= 0.6 is 11.6 Å². The fraction of sp³-hybridized carbons (Fsp3) is 0.150. The third-order valence-electron chi connectivity index (χ3n) is 4.15. The molecule has 30 heavy (non-hydrogen) atoms. The van der Waals surface area contributed by atoms with Gasteiger partial charge in [0.15, 0.2) is 35.3 Å². The van der Waals surface area contributed by atoms with E-state index < -0.39 is 11.9 Å². The first-order valence-electron chi connectivity index (χ1n) is 8.66. The number of halogens is 1. The molecule has 0 radical (unpaired) electrons. The molecule has 9 nitrogen and oxygen atoms in total. The van der Waals surface area contributed by atoms with Gasteiger partial charge in [0.25, 0.3) is 5.91 Å². The second kappa shape index (κ2) is 7.96. The lowest BCUT2D eigenvalue weighted by Crippen LogP contribution is -2.20. The quantitative estimate of drug-likeness (QED) is 0.551. The van der Waals surface area contributed by atoms with E-state index in [0.717, 1.165) is 0 Å². The van der Waals surface area contributed by atoms with Gasteiger partial charge in [0, 0.05) is 5.56 Å². The Morgan fingerprint density at radius 3 is 2.83 bits per heavy atom. The molecule has 2 heterocycles. The normalized spacial score (nSPS) is 15.7. The Hall–Kier alpha value is -3.72. The molecule has 0 aliphatic carbocycles. The van der Waals surface area contributed by atoms with Crippen LogP contribution in [-0.4, -0.2) is 38.3 Å². The van der Waals surface area contributed by atoms with E-state index in [1.807, 2.05) is 0 Å². The number of nitrogens with zero attached hydrogens (tertiary/aromatic N) is 1. The summed E-state index contributed by atoms with van der Waals surface area (Å²) in [4.78, 5) is 27.5. The Morgan fingerprint density at radius 1 is 1.27 bits per heavy atom. The first-order valence-corrected chi connectivity index (χ1v) is 9.03. The van der Waals surface area contributed by atoms with Crippen LogP contribution in [0.15, 0.2) is 41.0 Å². The van der Waals surface area contributed by atoms with Gasteiger partial charge in [-0.3, -0.25) is 4.79 Å². The van der Waals surface area contributed by atoms with Crippen LogP contribution in [0.25, 0.3) is 6.08 Å². The zero-order chi connectivity index (χ0) is 21.3. The third-order valence-corrected chi connectivity index (χ3v) is 4.43. The number of ether oxygens (including phenoxy) is 5. The molecule has 0 bridgehead atoms. The molecule has 0 saturated carbocycles. The van der Waals surface area contributed by atoms with Gasteiger partial charge in [-0.2, -0.15) is 0 Å². The van der Waals surface area contributed by atoms with Gasteiger partial charge in [-0.25, -0.2) is 9.79 Å². The van der Waals surface area contributed by atoms with Gasteiger partial charge in [-0.1, -0.05) is 11.6 Å². The topological polar surface area (TPSA) is 119 Å². The maximum atomic E-state index is 12.3. The fourth-order valence-electron chi connectivity index (χ4n) is 2.83. The standard InChI is InChI=1S/C20H15ClN2O7/c1-26-16-6-10(4-12(21)18(16)27-8-17(22)24)5-13-20(25)30-19(23-13)11-2-3-14-15(7-11)29-9-28-14/h2-7H,8-9H2,1H3,(H2,22,24)/b13-5-. The van der Waals surface area contributed by atoms with Crippen molar-refractivity contribution in [2.75, 3.05) is 20.5 Å². The number of nitrogens with two attached hydrogens (primary N) is 1. The van der Waals surface area contributed by atoms with Crippen LogP contribution in [0.1, 0.15) is 11.1 Å². The monoisotopic (exact) mass is 430 g/mol. The van der Waals surface area contributed by atoms with Crippen molar-refractivity contribution in [3.63, 3.8) is 0 Å². The van der Waals surface area contributed by atoms with E-state index in [1.54, 1.807) is 24.3 Å². The van der Waals surface area contributed by atoms with Gasteiger partial charge in [0.2, 0.25) is 12.7 Å². The van der Waals surface area contributed by atoms with Gasteiger partial charge in [-0.05, 0) is 42.0 Å². The van der Waals surface area contributed by atoms with Gasteiger partial charge in [0.1, 0.15) is 0 Å². The predicted molar refractivity (Wildman–Crippen MR) is 106 cm³/mol. The number of carbonyl (C=O) groups is 2. The van der Waals surface area contributed by atoms with Crippen LogP contribution in [0.5, 0.6) is 23.0 Å². The maximum Gasteiger partial charge on any atom is 0.363 e.